The number of ketones is 1. The minimum atomic E-state index is -0.234. The lowest BCUT2D eigenvalue weighted by Gasteiger charge is -2.19. The Morgan fingerprint density at radius 3 is 2.58 bits per heavy atom. The van der Waals surface area contributed by atoms with Crippen LogP contribution >= 0.6 is 11.9 Å². The molecule has 1 aliphatic heterocycles. The summed E-state index contributed by atoms with van der Waals surface area (Å²) in [7, 11) is 1.68. The third kappa shape index (κ3) is 5.17. The Labute approximate surface area is 160 Å². The molecule has 0 bridgehead atoms. The zero-order valence-corrected chi connectivity index (χ0v) is 16.0. The molecule has 0 aliphatic carbocycles. The monoisotopic (exact) mass is 370 g/mol. The van der Waals surface area contributed by atoms with Gasteiger partial charge in [0.1, 0.15) is 6.23 Å². The van der Waals surface area contributed by atoms with Crippen LogP contribution in [0.3, 0.4) is 0 Å². The zero-order chi connectivity index (χ0) is 18.2. The fraction of sp³-hybridized carbons (Fsp3) is 0.381. The highest BCUT2D eigenvalue weighted by molar-refractivity contribution is 7.97. The van der Waals surface area contributed by atoms with Crippen LogP contribution in [0.25, 0.3) is 0 Å². The number of nitrogens with zero attached hydrogens (tertiary/aromatic N) is 1. The number of nitrogens with one attached hydrogen (secondary N) is 1. The van der Waals surface area contributed by atoms with Crippen molar-refractivity contribution in [3.8, 4) is 0 Å². The van der Waals surface area contributed by atoms with E-state index < -0.39 is 0 Å². The highest BCUT2D eigenvalue weighted by atomic mass is 32.2. The molecule has 138 valence electrons. The van der Waals surface area contributed by atoms with Crippen LogP contribution in [0.2, 0.25) is 0 Å². The van der Waals surface area contributed by atoms with Gasteiger partial charge in [-0.1, -0.05) is 60.5 Å². The first-order valence-corrected chi connectivity index (χ1v) is 10.1. The topological polar surface area (TPSA) is 41.6 Å². The Balaban J connectivity index is 1.58. The maximum atomic E-state index is 12.6. The molecule has 3 rings (SSSR count). The number of likely N-dealkylation sites (tertiary alicyclic amines) is 1. The summed E-state index contributed by atoms with van der Waals surface area (Å²) in [6.45, 7) is 3.54. The highest BCUT2D eigenvalue weighted by Gasteiger charge is 2.15. The van der Waals surface area contributed by atoms with Crippen LogP contribution in [-0.4, -0.2) is 43.2 Å². The molecule has 1 N–H and O–H groups in total. The minimum absolute atomic E-state index is 0.0315. The van der Waals surface area contributed by atoms with Crippen LogP contribution in [0, 0.1) is 0 Å². The van der Waals surface area contributed by atoms with Crippen molar-refractivity contribution in [1.29, 1.82) is 0 Å². The first-order valence-electron chi connectivity index (χ1n) is 9.10. The lowest BCUT2D eigenvalue weighted by Crippen LogP contribution is -2.24. The summed E-state index contributed by atoms with van der Waals surface area (Å²) in [6.07, 6.45) is 2.41. The maximum Gasteiger partial charge on any atom is 0.193 e. The average Bonchev–Trinajstić information content (AvgIpc) is 3.22. The van der Waals surface area contributed by atoms with Crippen molar-refractivity contribution in [3.63, 3.8) is 0 Å². The fourth-order valence-electron chi connectivity index (χ4n) is 3.17. The smallest absolute Gasteiger partial charge is 0.193 e. The summed E-state index contributed by atoms with van der Waals surface area (Å²) in [5.74, 6) is 1.05. The van der Waals surface area contributed by atoms with Gasteiger partial charge in [-0.15, -0.1) is 0 Å². The summed E-state index contributed by atoms with van der Waals surface area (Å²) in [6, 6.07) is 17.0. The number of carbonyl (C=O) groups excluding carboxylic acids is 1. The molecule has 4 nitrogen and oxygen atoms in total. The van der Waals surface area contributed by atoms with Gasteiger partial charge in [-0.25, -0.2) is 4.72 Å². The van der Waals surface area contributed by atoms with Gasteiger partial charge < -0.3 is 9.64 Å². The molecule has 26 heavy (non-hydrogen) atoms. The maximum absolute atomic E-state index is 12.6. The van der Waals surface area contributed by atoms with Crippen LogP contribution in [-0.2, 0) is 4.74 Å². The normalized spacial score (nSPS) is 15.9. The van der Waals surface area contributed by atoms with Crippen molar-refractivity contribution in [2.24, 2.45) is 0 Å². The average molecular weight is 371 g/mol. The van der Waals surface area contributed by atoms with E-state index in [4.69, 9.17) is 4.74 Å². The second kappa shape index (κ2) is 9.88. The highest BCUT2D eigenvalue weighted by Crippen LogP contribution is 2.20. The van der Waals surface area contributed by atoms with Gasteiger partial charge >= 0.3 is 0 Å². The first kappa shape index (κ1) is 19.1. The molecule has 5 heteroatoms. The van der Waals surface area contributed by atoms with Crippen molar-refractivity contribution in [2.45, 2.75) is 19.1 Å². The Hall–Kier alpha value is -1.66. The lowest BCUT2D eigenvalue weighted by atomic mass is 10.0. The molecule has 1 heterocycles. The number of hydrogen-bond acceptors (Lipinski definition) is 5. The van der Waals surface area contributed by atoms with Crippen LogP contribution in [0.4, 0.5) is 0 Å². The van der Waals surface area contributed by atoms with Gasteiger partial charge in [0.15, 0.2) is 5.78 Å². The summed E-state index contributed by atoms with van der Waals surface area (Å²) in [5, 5.41) is 0. The Bertz CT molecular complexity index is 702. The Morgan fingerprint density at radius 2 is 1.85 bits per heavy atom. The summed E-state index contributed by atoms with van der Waals surface area (Å²) < 4.78 is 8.96. The van der Waals surface area contributed by atoms with E-state index in [1.54, 1.807) is 19.1 Å². The van der Waals surface area contributed by atoms with E-state index in [0.717, 1.165) is 17.9 Å². The van der Waals surface area contributed by atoms with E-state index in [-0.39, 0.29) is 12.0 Å². The van der Waals surface area contributed by atoms with E-state index in [2.05, 4.69) is 9.62 Å². The van der Waals surface area contributed by atoms with Crippen molar-refractivity contribution in [3.05, 3.63) is 71.3 Å². The second-order valence-electron chi connectivity index (χ2n) is 6.45. The van der Waals surface area contributed by atoms with Crippen molar-refractivity contribution < 1.29 is 9.53 Å². The molecule has 0 aromatic heterocycles. The van der Waals surface area contributed by atoms with Crippen LogP contribution in [0.1, 0.15) is 40.6 Å². The predicted octanol–water partition coefficient (Wildman–Crippen LogP) is 3.90. The summed E-state index contributed by atoms with van der Waals surface area (Å²) in [4.78, 5) is 15.1. The molecule has 1 fully saturated rings. The van der Waals surface area contributed by atoms with E-state index in [9.17, 15) is 4.79 Å². The molecule has 1 aliphatic rings. The third-order valence-electron chi connectivity index (χ3n) is 4.62. The third-order valence-corrected chi connectivity index (χ3v) is 5.39. The first-order chi connectivity index (χ1) is 12.8. The van der Waals surface area contributed by atoms with Crippen LogP contribution in [0.15, 0.2) is 54.6 Å². The standard InChI is InChI=1S/C21H26N2O2S/c1-25-21(22-26-15-14-23-12-5-6-13-23)19-11-7-10-18(16-19)20(24)17-8-3-2-4-9-17/h2-4,7-11,16,21-22H,5-6,12-15H2,1H3. The van der Waals surface area contributed by atoms with E-state index >= 15 is 0 Å². The second-order valence-corrected chi connectivity index (χ2v) is 7.38. The van der Waals surface area contributed by atoms with Gasteiger partial charge in [0, 0.05) is 30.5 Å². The van der Waals surface area contributed by atoms with Gasteiger partial charge in [0.2, 0.25) is 0 Å². The van der Waals surface area contributed by atoms with Gasteiger partial charge in [0.25, 0.3) is 0 Å². The van der Waals surface area contributed by atoms with Crippen molar-refractivity contribution in [1.82, 2.24) is 9.62 Å². The van der Waals surface area contributed by atoms with Gasteiger partial charge in [-0.05, 0) is 37.6 Å². The van der Waals surface area contributed by atoms with Crippen LogP contribution in [0.5, 0.6) is 0 Å². The Morgan fingerprint density at radius 1 is 1.12 bits per heavy atom. The predicted molar refractivity (Wildman–Crippen MR) is 107 cm³/mol. The SMILES string of the molecule is COC(NSCCN1CCCC1)c1cccc(C(=O)c2ccccc2)c1. The van der Waals surface area contributed by atoms with Crippen molar-refractivity contribution >= 4 is 17.7 Å². The summed E-state index contributed by atoms with van der Waals surface area (Å²) >= 11 is 1.68. The quantitative estimate of drug-likeness (QED) is 0.314. The molecule has 2 aromatic rings. The van der Waals surface area contributed by atoms with Gasteiger partial charge in [-0.2, -0.15) is 0 Å². The molecule has 1 saturated heterocycles. The van der Waals surface area contributed by atoms with E-state index in [1.807, 2.05) is 54.6 Å². The molecule has 0 amide bonds. The number of hydrogen-bond donors (Lipinski definition) is 1. The number of carbonyl (C=O) groups is 1. The molecular weight excluding hydrogens is 344 g/mol. The Kier molecular flexibility index (Phi) is 7.26. The van der Waals surface area contributed by atoms with Gasteiger partial charge in [-0.3, -0.25) is 4.79 Å². The molecule has 0 radical (unpaired) electrons. The number of rotatable bonds is 9. The number of ether oxygens (including phenoxy) is 1. The lowest BCUT2D eigenvalue weighted by molar-refractivity contribution is 0.0964. The molecule has 1 unspecified atom stereocenters. The van der Waals surface area contributed by atoms with E-state index in [0.29, 0.717) is 11.1 Å². The molecule has 2 aromatic carbocycles. The molecule has 1 atom stereocenters. The summed E-state index contributed by atoms with van der Waals surface area (Å²) in [5.41, 5.74) is 2.34. The fourth-order valence-corrected chi connectivity index (χ4v) is 4.02. The zero-order valence-electron chi connectivity index (χ0n) is 15.2. The number of methoxy groups -OCH3 is 1. The van der Waals surface area contributed by atoms with Crippen molar-refractivity contribution in [2.75, 3.05) is 32.5 Å². The van der Waals surface area contributed by atoms with Crippen LogP contribution < -0.4 is 4.72 Å². The van der Waals surface area contributed by atoms with E-state index in [1.165, 1.54) is 25.9 Å². The molecule has 0 saturated carbocycles. The van der Waals surface area contributed by atoms with Gasteiger partial charge in [0.05, 0.1) is 0 Å². The number of benzene rings is 2. The largest absolute Gasteiger partial charge is 0.361 e. The molecule has 0 spiro atoms. The minimum Gasteiger partial charge on any atom is -0.361 e. The molecular formula is C21H26N2O2S.